The predicted octanol–water partition coefficient (Wildman–Crippen LogP) is 6.56. The topological polar surface area (TPSA) is 138 Å². The van der Waals surface area contributed by atoms with Gasteiger partial charge in [-0.15, -0.1) is 0 Å². The summed E-state index contributed by atoms with van der Waals surface area (Å²) in [6, 6.07) is 12.2. The molecule has 2 aromatic carbocycles. The monoisotopic (exact) mass is 616 g/mol. The van der Waals surface area contributed by atoms with E-state index in [1.807, 2.05) is 20.8 Å². The van der Waals surface area contributed by atoms with Gasteiger partial charge in [-0.2, -0.15) is 9.78 Å². The van der Waals surface area contributed by atoms with E-state index in [2.05, 4.69) is 15.4 Å². The molecule has 2 amide bonds. The number of carbonyl (C=O) groups is 3. The molecule has 1 N–H and O–H groups in total. The fourth-order valence-corrected chi connectivity index (χ4v) is 4.33. The molecule has 4 aromatic rings. The van der Waals surface area contributed by atoms with E-state index in [4.69, 9.17) is 19.2 Å². The van der Waals surface area contributed by atoms with Crippen LogP contribution in [-0.2, 0) is 14.3 Å². The van der Waals surface area contributed by atoms with Crippen molar-refractivity contribution in [1.29, 1.82) is 0 Å². The maximum Gasteiger partial charge on any atom is 0.435 e. The van der Waals surface area contributed by atoms with Gasteiger partial charge in [0.2, 0.25) is 0 Å². The van der Waals surface area contributed by atoms with Crippen molar-refractivity contribution >= 4 is 40.5 Å². The Kier molecular flexibility index (Phi) is 9.45. The van der Waals surface area contributed by atoms with Gasteiger partial charge in [0.05, 0.1) is 17.4 Å². The maximum atomic E-state index is 13.7. The average Bonchev–Trinajstić information content (AvgIpc) is 3.33. The Morgan fingerprint density at radius 3 is 2.36 bits per heavy atom. The van der Waals surface area contributed by atoms with Crippen molar-refractivity contribution < 1.29 is 28.6 Å². The number of rotatable bonds is 7. The van der Waals surface area contributed by atoms with Gasteiger partial charge in [-0.05, 0) is 98.2 Å². The van der Waals surface area contributed by atoms with Crippen LogP contribution in [0.2, 0.25) is 0 Å². The number of benzene rings is 2. The minimum absolute atomic E-state index is 0.00185. The molecule has 0 radical (unpaired) electrons. The molecule has 0 bridgehead atoms. The van der Waals surface area contributed by atoms with Gasteiger partial charge in [0.15, 0.2) is 12.4 Å². The van der Waals surface area contributed by atoms with Crippen molar-refractivity contribution in [2.24, 2.45) is 0 Å². The zero-order valence-electron chi connectivity index (χ0n) is 27.2. The Labute approximate surface area is 262 Å². The van der Waals surface area contributed by atoms with E-state index in [-0.39, 0.29) is 24.4 Å². The van der Waals surface area contributed by atoms with Gasteiger partial charge in [0.1, 0.15) is 22.8 Å². The first-order valence-corrected chi connectivity index (χ1v) is 14.6. The van der Waals surface area contributed by atoms with Gasteiger partial charge in [0.25, 0.3) is 5.91 Å². The number of hydrogen-bond acceptors (Lipinski definition) is 9. The highest BCUT2D eigenvalue weighted by molar-refractivity contribution is 6.00. The maximum absolute atomic E-state index is 13.7. The lowest BCUT2D eigenvalue weighted by molar-refractivity contribution is -0.123. The second-order valence-corrected chi connectivity index (χ2v) is 12.8. The zero-order valence-corrected chi connectivity index (χ0v) is 27.2. The number of nitrogens with one attached hydrogen (secondary N) is 1. The first-order valence-electron chi connectivity index (χ1n) is 14.6. The van der Waals surface area contributed by atoms with E-state index in [0.717, 1.165) is 0 Å². The van der Waals surface area contributed by atoms with Crippen molar-refractivity contribution in [3.8, 4) is 17.1 Å². The van der Waals surface area contributed by atoms with Crippen LogP contribution >= 0.6 is 0 Å². The zero-order chi connectivity index (χ0) is 33.1. The smallest absolute Gasteiger partial charge is 0.435 e. The summed E-state index contributed by atoms with van der Waals surface area (Å²) in [6.07, 6.45) is 1.82. The molecule has 0 atom stereocenters. The highest BCUT2D eigenvalue weighted by Gasteiger charge is 2.29. The number of aromatic nitrogens is 4. The summed E-state index contributed by atoms with van der Waals surface area (Å²) in [5.41, 5.74) is 0.798. The molecule has 0 aliphatic heterocycles. The van der Waals surface area contributed by atoms with Gasteiger partial charge in [-0.3, -0.25) is 4.79 Å². The van der Waals surface area contributed by atoms with Crippen molar-refractivity contribution in [3.05, 3.63) is 60.4 Å². The lowest BCUT2D eigenvalue weighted by atomic mass is 10.1. The molecule has 2 aromatic heterocycles. The Morgan fingerprint density at radius 2 is 1.69 bits per heavy atom. The van der Waals surface area contributed by atoms with Crippen molar-refractivity contribution in [2.45, 2.75) is 79.6 Å². The van der Waals surface area contributed by atoms with E-state index in [1.165, 1.54) is 15.8 Å². The summed E-state index contributed by atoms with van der Waals surface area (Å²) in [5, 5.41) is 7.64. The molecule has 0 fully saturated rings. The second kappa shape index (κ2) is 12.9. The van der Waals surface area contributed by atoms with Crippen molar-refractivity contribution in [1.82, 2.24) is 25.1 Å². The molecule has 12 heteroatoms. The van der Waals surface area contributed by atoms with Crippen molar-refractivity contribution in [2.75, 3.05) is 11.5 Å². The Balaban J connectivity index is 1.73. The minimum Gasteiger partial charge on any atom is -0.484 e. The molecule has 0 spiro atoms. The van der Waals surface area contributed by atoms with Crippen LogP contribution in [0.25, 0.3) is 22.3 Å². The van der Waals surface area contributed by atoms with Crippen LogP contribution in [0.5, 0.6) is 5.75 Å². The van der Waals surface area contributed by atoms with E-state index >= 15 is 0 Å². The standard InChI is InChI=1S/C33H40N6O6/c1-20(2)36-28(40)19-43-24-12-10-11-22(16-24)29-34-14-13-27(37-29)38(30(41)44-32(4,5)6)25-17-23-18-35-39(26(23)15-21(25)3)31(42)45-33(7,8)9/h10-18,20H,19H2,1-9H3,(H,36,40). The van der Waals surface area contributed by atoms with Crippen molar-refractivity contribution in [3.63, 3.8) is 0 Å². The lowest BCUT2D eigenvalue weighted by Crippen LogP contribution is -2.34. The number of amides is 2. The largest absolute Gasteiger partial charge is 0.484 e. The molecule has 45 heavy (non-hydrogen) atoms. The average molecular weight is 617 g/mol. The third kappa shape index (κ3) is 8.55. The van der Waals surface area contributed by atoms with Crippen LogP contribution in [0.3, 0.4) is 0 Å². The summed E-state index contributed by atoms with van der Waals surface area (Å²) in [4.78, 5) is 49.1. The number of nitrogens with zero attached hydrogens (tertiary/aromatic N) is 5. The van der Waals surface area contributed by atoms with Crippen LogP contribution in [-0.4, -0.2) is 61.7 Å². The highest BCUT2D eigenvalue weighted by Crippen LogP contribution is 2.34. The number of hydrogen-bond donors (Lipinski definition) is 1. The molecule has 4 rings (SSSR count). The van der Waals surface area contributed by atoms with E-state index in [1.54, 1.807) is 90.2 Å². The molecule has 238 valence electrons. The van der Waals surface area contributed by atoms with Crippen LogP contribution in [0.15, 0.2) is 54.9 Å². The van der Waals surface area contributed by atoms with Gasteiger partial charge < -0.3 is 19.5 Å². The first-order chi connectivity index (χ1) is 21.0. The van der Waals surface area contributed by atoms with Crippen LogP contribution < -0.4 is 15.0 Å². The van der Waals surface area contributed by atoms with E-state index in [0.29, 0.717) is 39.3 Å². The van der Waals surface area contributed by atoms with Crippen LogP contribution in [0, 0.1) is 6.92 Å². The Hall–Kier alpha value is -5.00. The number of anilines is 2. The van der Waals surface area contributed by atoms with E-state index < -0.39 is 23.4 Å². The molecule has 0 saturated carbocycles. The molecular formula is C33H40N6O6. The summed E-state index contributed by atoms with van der Waals surface area (Å²) in [5.74, 6) is 0.826. The number of fused-ring (bicyclic) bond motifs is 1. The molecule has 0 aliphatic rings. The Bertz CT molecular complexity index is 1720. The number of aryl methyl sites for hydroxylation is 1. The summed E-state index contributed by atoms with van der Waals surface area (Å²) in [7, 11) is 0. The molecule has 2 heterocycles. The van der Waals surface area contributed by atoms with Gasteiger partial charge in [-0.1, -0.05) is 12.1 Å². The lowest BCUT2D eigenvalue weighted by Gasteiger charge is -2.28. The Morgan fingerprint density at radius 1 is 0.978 bits per heavy atom. The first kappa shape index (κ1) is 32.9. The normalized spacial score (nSPS) is 11.8. The summed E-state index contributed by atoms with van der Waals surface area (Å²) in [6.45, 7) is 16.1. The van der Waals surface area contributed by atoms with E-state index in [9.17, 15) is 14.4 Å². The molecule has 0 saturated heterocycles. The summed E-state index contributed by atoms with van der Waals surface area (Å²) >= 11 is 0. The SMILES string of the molecule is Cc1cc2c(cnn2C(=O)OC(C)(C)C)cc1N(C(=O)OC(C)(C)C)c1ccnc(-c2cccc(OCC(=O)NC(C)C)c2)n1. The van der Waals surface area contributed by atoms with Crippen LogP contribution in [0.1, 0.15) is 61.0 Å². The predicted molar refractivity (Wildman–Crippen MR) is 171 cm³/mol. The molecule has 0 unspecified atom stereocenters. The third-order valence-corrected chi connectivity index (χ3v) is 6.05. The minimum atomic E-state index is -0.793. The number of ether oxygens (including phenoxy) is 3. The highest BCUT2D eigenvalue weighted by atomic mass is 16.6. The molecule has 12 nitrogen and oxygen atoms in total. The van der Waals surface area contributed by atoms with Crippen LogP contribution in [0.4, 0.5) is 21.1 Å². The van der Waals surface area contributed by atoms with Gasteiger partial charge >= 0.3 is 12.2 Å². The van der Waals surface area contributed by atoms with Gasteiger partial charge in [-0.25, -0.2) is 24.5 Å². The quantitative estimate of drug-likeness (QED) is 0.245. The third-order valence-electron chi connectivity index (χ3n) is 6.05. The fourth-order valence-electron chi connectivity index (χ4n) is 4.33. The molecule has 0 aliphatic carbocycles. The van der Waals surface area contributed by atoms with Gasteiger partial charge in [0, 0.05) is 23.2 Å². The fraction of sp³-hybridized carbons (Fsp3) is 0.394. The number of carbonyl (C=O) groups excluding carboxylic acids is 3. The molecular weight excluding hydrogens is 576 g/mol. The second-order valence-electron chi connectivity index (χ2n) is 12.8. The summed E-state index contributed by atoms with van der Waals surface area (Å²) < 4.78 is 18.2.